The first kappa shape index (κ1) is 37.2. The van der Waals surface area contributed by atoms with Gasteiger partial charge in [-0.2, -0.15) is 8.42 Å². The number of hydrogen-bond acceptors (Lipinski definition) is 8. The standard InChI is InChI=1S/C33H41N5O9S/c1-20(2)16-23(32(42)36-27(19-31(40)41)22-10-15-28(46-4)29(17-22)47-5)18-30(39)34-24-11-13-25(14-12-24)35-33(43)38-48(44,45)37-26-9-7-6-8-21(26)3/h6-15,17,20,23,27,37H,16,18-19H2,1-5H3,(H,34,39)(H,36,42)(H,40,41)(H2,35,38,43). The van der Waals surface area contributed by atoms with Gasteiger partial charge in [-0.15, -0.1) is 0 Å². The minimum Gasteiger partial charge on any atom is -0.493 e. The predicted octanol–water partition coefficient (Wildman–Crippen LogP) is 4.81. The lowest BCUT2D eigenvalue weighted by atomic mass is 9.92. The van der Waals surface area contributed by atoms with Gasteiger partial charge in [0.25, 0.3) is 0 Å². The van der Waals surface area contributed by atoms with Crippen molar-refractivity contribution in [3.8, 4) is 11.5 Å². The van der Waals surface area contributed by atoms with Crippen LogP contribution in [0.4, 0.5) is 21.9 Å². The molecule has 0 aliphatic carbocycles. The monoisotopic (exact) mass is 683 g/mol. The van der Waals surface area contributed by atoms with Crippen LogP contribution >= 0.6 is 0 Å². The average molecular weight is 684 g/mol. The third-order valence-corrected chi connectivity index (χ3v) is 8.05. The van der Waals surface area contributed by atoms with Crippen molar-refractivity contribution < 1.29 is 42.2 Å². The Morgan fingerprint density at radius 2 is 1.46 bits per heavy atom. The van der Waals surface area contributed by atoms with Crippen molar-refractivity contribution >= 4 is 51.1 Å². The van der Waals surface area contributed by atoms with Crippen molar-refractivity contribution in [2.45, 2.75) is 46.1 Å². The number of rotatable bonds is 16. The average Bonchev–Trinajstić information content (AvgIpc) is 3.01. The molecule has 48 heavy (non-hydrogen) atoms. The number of aliphatic carboxylic acids is 1. The summed E-state index contributed by atoms with van der Waals surface area (Å²) in [6.07, 6.45) is -0.205. The largest absolute Gasteiger partial charge is 0.493 e. The number of ether oxygens (including phenoxy) is 2. The number of hydrogen-bond donors (Lipinski definition) is 6. The number of nitrogens with one attached hydrogen (secondary N) is 5. The van der Waals surface area contributed by atoms with Gasteiger partial charge in [0.1, 0.15) is 0 Å². The molecule has 0 spiro atoms. The molecule has 3 aromatic rings. The summed E-state index contributed by atoms with van der Waals surface area (Å²) in [5.41, 5.74) is 2.13. The minimum atomic E-state index is -4.21. The Morgan fingerprint density at radius 1 is 0.833 bits per heavy atom. The normalized spacial score (nSPS) is 12.3. The van der Waals surface area contributed by atoms with E-state index in [0.717, 1.165) is 0 Å². The molecule has 4 amide bonds. The van der Waals surface area contributed by atoms with E-state index in [-0.39, 0.29) is 18.0 Å². The zero-order valence-electron chi connectivity index (χ0n) is 27.3. The molecule has 0 saturated carbocycles. The van der Waals surface area contributed by atoms with Gasteiger partial charge in [-0.1, -0.05) is 38.1 Å². The second-order valence-electron chi connectivity index (χ2n) is 11.4. The highest BCUT2D eigenvalue weighted by Gasteiger charge is 2.27. The lowest BCUT2D eigenvalue weighted by molar-refractivity contribution is -0.138. The highest BCUT2D eigenvalue weighted by Crippen LogP contribution is 2.31. The number of benzene rings is 3. The van der Waals surface area contributed by atoms with Crippen LogP contribution in [-0.4, -0.2) is 51.6 Å². The predicted molar refractivity (Wildman–Crippen MR) is 181 cm³/mol. The highest BCUT2D eigenvalue weighted by molar-refractivity contribution is 7.91. The van der Waals surface area contributed by atoms with Crippen LogP contribution in [0.1, 0.15) is 50.3 Å². The van der Waals surface area contributed by atoms with Crippen LogP contribution in [0.25, 0.3) is 0 Å². The molecule has 2 unspecified atom stereocenters. The van der Waals surface area contributed by atoms with E-state index in [4.69, 9.17) is 9.47 Å². The Hall–Kier alpha value is -5.31. The van der Waals surface area contributed by atoms with Crippen molar-refractivity contribution in [3.63, 3.8) is 0 Å². The molecular formula is C33H41N5O9S. The zero-order chi connectivity index (χ0) is 35.4. The number of para-hydroxylation sites is 1. The SMILES string of the molecule is COc1ccc(C(CC(=O)O)NC(=O)C(CC(=O)Nc2ccc(NC(=O)NS(=O)(=O)Nc3ccccc3C)cc2)CC(C)C)cc1OC. The number of anilines is 3. The van der Waals surface area contributed by atoms with Crippen molar-refractivity contribution in [2.75, 3.05) is 29.6 Å². The smallest absolute Gasteiger partial charge is 0.334 e. The molecule has 3 rings (SSSR count). The molecule has 15 heteroatoms. The number of amides is 4. The van der Waals surface area contributed by atoms with E-state index in [1.807, 2.05) is 18.6 Å². The number of carboxylic acid groups (broad SMARTS) is 1. The lowest BCUT2D eigenvalue weighted by Gasteiger charge is -2.24. The van der Waals surface area contributed by atoms with E-state index in [1.54, 1.807) is 49.4 Å². The number of methoxy groups -OCH3 is 2. The Balaban J connectivity index is 1.62. The van der Waals surface area contributed by atoms with Crippen molar-refractivity contribution in [1.82, 2.24) is 10.0 Å². The van der Waals surface area contributed by atoms with E-state index in [0.29, 0.717) is 40.4 Å². The number of carboxylic acids is 1. The Bertz CT molecular complexity index is 1710. The molecule has 0 radical (unpaired) electrons. The van der Waals surface area contributed by atoms with E-state index >= 15 is 0 Å². The van der Waals surface area contributed by atoms with Gasteiger partial charge in [0.2, 0.25) is 11.8 Å². The summed E-state index contributed by atoms with van der Waals surface area (Å²) >= 11 is 0. The lowest BCUT2D eigenvalue weighted by Crippen LogP contribution is -2.38. The summed E-state index contributed by atoms with van der Waals surface area (Å²) in [7, 11) is -1.28. The Labute approximate surface area is 279 Å². The van der Waals surface area contributed by atoms with Crippen LogP contribution in [0.5, 0.6) is 11.5 Å². The molecule has 0 heterocycles. The van der Waals surface area contributed by atoms with E-state index in [1.165, 1.54) is 38.5 Å². The van der Waals surface area contributed by atoms with Crippen LogP contribution in [0.2, 0.25) is 0 Å². The number of carbonyl (C=O) groups excluding carboxylic acids is 3. The summed E-state index contributed by atoms with van der Waals surface area (Å²) in [6, 6.07) is 15.6. The number of aryl methyl sites for hydroxylation is 1. The van der Waals surface area contributed by atoms with Crippen molar-refractivity contribution in [3.05, 3.63) is 77.9 Å². The van der Waals surface area contributed by atoms with E-state index in [2.05, 4.69) is 20.7 Å². The van der Waals surface area contributed by atoms with Gasteiger partial charge < -0.3 is 30.5 Å². The summed E-state index contributed by atoms with van der Waals surface area (Å²) in [6.45, 7) is 5.54. The molecule has 0 fully saturated rings. The summed E-state index contributed by atoms with van der Waals surface area (Å²) in [5.74, 6) is -1.94. The fourth-order valence-corrected chi connectivity index (χ4v) is 5.71. The third kappa shape index (κ3) is 11.5. The molecular weight excluding hydrogens is 642 g/mol. The first-order valence-electron chi connectivity index (χ1n) is 15.0. The van der Waals surface area contributed by atoms with Gasteiger partial charge in [0.05, 0.1) is 32.4 Å². The number of urea groups is 1. The van der Waals surface area contributed by atoms with Gasteiger partial charge in [-0.25, -0.2) is 9.52 Å². The van der Waals surface area contributed by atoms with Crippen LogP contribution < -0.4 is 34.9 Å². The Morgan fingerprint density at radius 3 is 2.04 bits per heavy atom. The van der Waals surface area contributed by atoms with Gasteiger partial charge >= 0.3 is 22.2 Å². The molecule has 2 atom stereocenters. The molecule has 0 aliphatic heterocycles. The maximum atomic E-state index is 13.4. The number of carbonyl (C=O) groups is 4. The second kappa shape index (κ2) is 17.0. The molecule has 6 N–H and O–H groups in total. The minimum absolute atomic E-state index is 0.0554. The van der Waals surface area contributed by atoms with Crippen LogP contribution in [0, 0.1) is 18.8 Å². The maximum absolute atomic E-state index is 13.4. The van der Waals surface area contributed by atoms with Crippen LogP contribution in [0.3, 0.4) is 0 Å². The fraction of sp³-hybridized carbons (Fsp3) is 0.333. The summed E-state index contributed by atoms with van der Waals surface area (Å²) < 4.78 is 39.5. The summed E-state index contributed by atoms with van der Waals surface area (Å²) in [4.78, 5) is 50.5. The first-order valence-corrected chi connectivity index (χ1v) is 16.5. The van der Waals surface area contributed by atoms with Crippen LogP contribution in [0.15, 0.2) is 66.7 Å². The van der Waals surface area contributed by atoms with Crippen molar-refractivity contribution in [2.24, 2.45) is 11.8 Å². The van der Waals surface area contributed by atoms with Crippen LogP contribution in [-0.2, 0) is 24.6 Å². The van der Waals surface area contributed by atoms with E-state index in [9.17, 15) is 32.7 Å². The maximum Gasteiger partial charge on any atom is 0.334 e. The molecule has 3 aromatic carbocycles. The fourth-order valence-electron chi connectivity index (χ4n) is 4.85. The second-order valence-corrected chi connectivity index (χ2v) is 12.8. The van der Waals surface area contributed by atoms with Gasteiger partial charge in [-0.05, 0) is 72.9 Å². The molecule has 14 nitrogen and oxygen atoms in total. The topological polar surface area (TPSA) is 201 Å². The van der Waals surface area contributed by atoms with Crippen molar-refractivity contribution in [1.29, 1.82) is 0 Å². The molecule has 0 aromatic heterocycles. The summed E-state index contributed by atoms with van der Waals surface area (Å²) in [5, 5.41) is 17.5. The zero-order valence-corrected chi connectivity index (χ0v) is 28.1. The van der Waals surface area contributed by atoms with Gasteiger partial charge in [0.15, 0.2) is 11.5 Å². The molecule has 258 valence electrons. The molecule has 0 bridgehead atoms. The van der Waals surface area contributed by atoms with E-state index < -0.39 is 52.4 Å². The third-order valence-electron chi connectivity index (χ3n) is 7.11. The highest BCUT2D eigenvalue weighted by atomic mass is 32.2. The van der Waals surface area contributed by atoms with Gasteiger partial charge in [-0.3, -0.25) is 19.1 Å². The quantitative estimate of drug-likeness (QED) is 0.123. The molecule has 0 saturated heterocycles. The Kier molecular flexibility index (Phi) is 13.2. The molecule has 0 aliphatic rings. The first-order chi connectivity index (χ1) is 22.7. The van der Waals surface area contributed by atoms with Gasteiger partial charge in [0, 0.05) is 23.7 Å².